The molecule has 2 aromatic carbocycles. The minimum absolute atomic E-state index is 0.0192. The summed E-state index contributed by atoms with van der Waals surface area (Å²) < 4.78 is 10.9. The predicted octanol–water partition coefficient (Wildman–Crippen LogP) is 5.59. The van der Waals surface area contributed by atoms with Crippen LogP contribution in [0, 0.1) is 5.92 Å². The molecule has 40 heavy (non-hydrogen) atoms. The van der Waals surface area contributed by atoms with Gasteiger partial charge in [-0.25, -0.2) is 0 Å². The van der Waals surface area contributed by atoms with Crippen LogP contribution in [0.15, 0.2) is 42.5 Å². The number of rotatable bonds is 12. The zero-order valence-electron chi connectivity index (χ0n) is 23.5. The van der Waals surface area contributed by atoms with E-state index in [1.807, 2.05) is 24.0 Å². The van der Waals surface area contributed by atoms with E-state index in [2.05, 4.69) is 17.1 Å². The van der Waals surface area contributed by atoms with Crippen molar-refractivity contribution in [2.75, 3.05) is 50.1 Å². The fraction of sp³-hybridized carbons (Fsp3) is 0.500. The molecule has 8 nitrogen and oxygen atoms in total. The molecule has 4 rings (SSSR count). The number of likely N-dealkylation sites (tertiary alicyclic amines) is 1. The molecule has 0 spiro atoms. The van der Waals surface area contributed by atoms with Crippen molar-refractivity contribution in [2.45, 2.75) is 52.0 Å². The number of piperidine rings is 1. The average molecular weight is 587 g/mol. The van der Waals surface area contributed by atoms with Crippen LogP contribution in [0.4, 0.5) is 11.4 Å². The molecule has 2 aliphatic rings. The lowest BCUT2D eigenvalue weighted by molar-refractivity contribution is -0.124. The summed E-state index contributed by atoms with van der Waals surface area (Å²) >= 11 is 12.2. The summed E-state index contributed by atoms with van der Waals surface area (Å²) in [5, 5.41) is 3.68. The molecule has 2 fully saturated rings. The van der Waals surface area contributed by atoms with Crippen LogP contribution in [0.5, 0.6) is 11.5 Å². The first-order valence-electron chi connectivity index (χ1n) is 14.0. The number of benzene rings is 2. The van der Waals surface area contributed by atoms with E-state index in [9.17, 15) is 9.59 Å². The van der Waals surface area contributed by atoms with Crippen molar-refractivity contribution < 1.29 is 19.1 Å². The molecule has 0 unspecified atom stereocenters. The maximum absolute atomic E-state index is 13.7. The summed E-state index contributed by atoms with van der Waals surface area (Å²) in [5.41, 5.74) is 1.20. The Kier molecular flexibility index (Phi) is 10.6. The summed E-state index contributed by atoms with van der Waals surface area (Å²) in [6, 6.07) is 11.7. The fourth-order valence-electron chi connectivity index (χ4n) is 5.11. The van der Waals surface area contributed by atoms with Crippen LogP contribution in [-0.2, 0) is 9.59 Å². The molecule has 0 saturated carbocycles. The molecule has 0 aliphatic carbocycles. The van der Waals surface area contributed by atoms with E-state index in [1.165, 1.54) is 24.9 Å². The number of methoxy groups -OCH3 is 1. The van der Waals surface area contributed by atoms with Gasteiger partial charge in [0.2, 0.25) is 5.91 Å². The molecule has 1 N–H and O–H groups in total. The first-order chi connectivity index (χ1) is 19.3. The summed E-state index contributed by atoms with van der Waals surface area (Å²) in [4.78, 5) is 32.7. The van der Waals surface area contributed by atoms with Crippen molar-refractivity contribution in [1.29, 1.82) is 0 Å². The maximum atomic E-state index is 13.7. The van der Waals surface area contributed by atoms with E-state index in [1.54, 1.807) is 30.3 Å². The van der Waals surface area contributed by atoms with Gasteiger partial charge in [-0.15, -0.1) is 0 Å². The molecule has 2 saturated heterocycles. The quantitative estimate of drug-likeness (QED) is 0.325. The minimum atomic E-state index is -0.707. The van der Waals surface area contributed by atoms with Gasteiger partial charge in [-0.05, 0) is 106 Å². The third-order valence-corrected chi connectivity index (χ3v) is 8.16. The highest BCUT2D eigenvalue weighted by atomic mass is 35.5. The van der Waals surface area contributed by atoms with Crippen LogP contribution >= 0.6 is 23.8 Å². The second-order valence-electron chi connectivity index (χ2n) is 10.5. The smallest absolute Gasteiger partial charge is 0.256 e. The lowest BCUT2D eigenvalue weighted by Gasteiger charge is -2.31. The highest BCUT2D eigenvalue weighted by Crippen LogP contribution is 2.33. The topological polar surface area (TPSA) is 74.3 Å². The van der Waals surface area contributed by atoms with Crippen LogP contribution in [0.2, 0.25) is 5.02 Å². The first-order valence-corrected chi connectivity index (χ1v) is 14.8. The molecule has 2 aromatic rings. The zero-order chi connectivity index (χ0) is 28.6. The lowest BCUT2D eigenvalue weighted by atomic mass is 9.99. The Bertz CT molecular complexity index is 1190. The second kappa shape index (κ2) is 14.1. The third kappa shape index (κ3) is 7.44. The van der Waals surface area contributed by atoms with Crippen molar-refractivity contribution in [3.05, 3.63) is 47.5 Å². The molecule has 1 atom stereocenters. The van der Waals surface area contributed by atoms with Crippen molar-refractivity contribution in [2.24, 2.45) is 5.92 Å². The van der Waals surface area contributed by atoms with Crippen molar-refractivity contribution in [1.82, 2.24) is 9.80 Å². The molecule has 2 heterocycles. The number of carbonyl (C=O) groups is 2. The Hall–Kier alpha value is -2.88. The Morgan fingerprint density at radius 1 is 1.12 bits per heavy atom. The van der Waals surface area contributed by atoms with Crippen LogP contribution in [0.1, 0.15) is 46.0 Å². The summed E-state index contributed by atoms with van der Waals surface area (Å²) in [5.74, 6) is 1.54. The van der Waals surface area contributed by atoms with Gasteiger partial charge in [-0.2, -0.15) is 0 Å². The van der Waals surface area contributed by atoms with Crippen LogP contribution < -0.4 is 19.7 Å². The number of nitrogens with zero attached hydrogens (tertiary/aromatic N) is 3. The number of halogens is 1. The van der Waals surface area contributed by atoms with Gasteiger partial charge in [-0.3, -0.25) is 14.5 Å². The number of ether oxygens (including phenoxy) is 2. The van der Waals surface area contributed by atoms with Gasteiger partial charge in [0.15, 0.2) is 5.11 Å². The minimum Gasteiger partial charge on any atom is -0.495 e. The van der Waals surface area contributed by atoms with Gasteiger partial charge in [0, 0.05) is 12.2 Å². The van der Waals surface area contributed by atoms with E-state index in [0.717, 1.165) is 44.1 Å². The normalized spacial score (nSPS) is 18.4. The summed E-state index contributed by atoms with van der Waals surface area (Å²) in [6.07, 6.45) is 4.16. The highest BCUT2D eigenvalue weighted by molar-refractivity contribution is 7.80. The number of hydrogen-bond acceptors (Lipinski definition) is 6. The lowest BCUT2D eigenvalue weighted by Crippen LogP contribution is -2.40. The Morgan fingerprint density at radius 2 is 1.85 bits per heavy atom. The maximum Gasteiger partial charge on any atom is 0.256 e. The van der Waals surface area contributed by atoms with Gasteiger partial charge in [0.1, 0.15) is 17.5 Å². The highest BCUT2D eigenvalue weighted by Gasteiger charge is 2.44. The summed E-state index contributed by atoms with van der Waals surface area (Å²) in [7, 11) is 1.54. The fourth-order valence-corrected chi connectivity index (χ4v) is 5.78. The predicted molar refractivity (Wildman–Crippen MR) is 164 cm³/mol. The van der Waals surface area contributed by atoms with Crippen molar-refractivity contribution in [3.63, 3.8) is 0 Å². The van der Waals surface area contributed by atoms with Crippen molar-refractivity contribution in [3.8, 4) is 11.5 Å². The van der Waals surface area contributed by atoms with Gasteiger partial charge in [-0.1, -0.05) is 25.4 Å². The Labute approximate surface area is 247 Å². The second-order valence-corrected chi connectivity index (χ2v) is 11.3. The Morgan fingerprint density at radius 3 is 2.50 bits per heavy atom. The van der Waals surface area contributed by atoms with E-state index in [-0.39, 0.29) is 18.2 Å². The van der Waals surface area contributed by atoms with Gasteiger partial charge in [0.05, 0.1) is 30.8 Å². The Balaban J connectivity index is 1.46. The molecule has 0 radical (unpaired) electrons. The van der Waals surface area contributed by atoms with Gasteiger partial charge < -0.3 is 24.6 Å². The van der Waals surface area contributed by atoms with Gasteiger partial charge >= 0.3 is 0 Å². The third-order valence-electron chi connectivity index (χ3n) is 7.45. The number of anilines is 2. The standard InChI is InChI=1S/C30H39ClN4O4S/c1-4-18-39-24-9-6-22(7-10-24)32-28(36)20-26-29(37)35(23-8-11-27(38-3)25(31)19-23)30(40)34(26)15-5-14-33-16-12-21(2)13-17-33/h6-11,19,21,26H,4-5,12-18,20H2,1-3H3,(H,32,36)/t26-/m0/s1. The summed E-state index contributed by atoms with van der Waals surface area (Å²) in [6.45, 7) is 8.68. The molecule has 2 amide bonds. The molecular weight excluding hydrogens is 548 g/mol. The zero-order valence-corrected chi connectivity index (χ0v) is 25.1. The number of thiocarbonyl (C=S) groups is 1. The van der Waals surface area contributed by atoms with Gasteiger partial charge in [0.25, 0.3) is 5.91 Å². The monoisotopic (exact) mass is 586 g/mol. The largest absolute Gasteiger partial charge is 0.495 e. The van der Waals surface area contributed by atoms with Crippen molar-refractivity contribution >= 4 is 52.1 Å². The number of hydrogen-bond donors (Lipinski definition) is 1. The first kappa shape index (κ1) is 30.1. The van der Waals surface area contributed by atoms with Crippen LogP contribution in [-0.4, -0.2) is 72.7 Å². The number of carbonyl (C=O) groups excluding carboxylic acids is 2. The van der Waals surface area contributed by atoms with Crippen LogP contribution in [0.3, 0.4) is 0 Å². The van der Waals surface area contributed by atoms with E-state index in [4.69, 9.17) is 33.3 Å². The van der Waals surface area contributed by atoms with E-state index >= 15 is 0 Å². The average Bonchev–Trinajstić information content (AvgIpc) is 3.17. The van der Waals surface area contributed by atoms with E-state index in [0.29, 0.717) is 40.4 Å². The SMILES string of the molecule is CCCOc1ccc(NC(=O)C[C@H]2C(=O)N(c3ccc(OC)c(Cl)c3)C(=S)N2CCCN2CCC(C)CC2)cc1. The molecular formula is C30H39ClN4O4S. The molecule has 2 aliphatic heterocycles. The number of nitrogens with one attached hydrogen (secondary N) is 1. The molecule has 10 heteroatoms. The molecule has 0 bridgehead atoms. The number of amides is 2. The molecule has 216 valence electrons. The molecule has 0 aromatic heterocycles. The van der Waals surface area contributed by atoms with E-state index < -0.39 is 6.04 Å². The van der Waals surface area contributed by atoms with Crippen LogP contribution in [0.25, 0.3) is 0 Å².